The maximum Gasteiger partial charge on any atom is 0.120 e. The van der Waals surface area contributed by atoms with Crippen LogP contribution in [0, 0.1) is 11.3 Å². The Morgan fingerprint density at radius 3 is 3.12 bits per heavy atom. The Balaban J connectivity index is 2.11. The van der Waals surface area contributed by atoms with Crippen LogP contribution in [0.25, 0.3) is 10.9 Å². The fourth-order valence-electron chi connectivity index (χ4n) is 1.87. The second kappa shape index (κ2) is 5.37. The third-order valence-corrected chi connectivity index (χ3v) is 2.75. The van der Waals surface area contributed by atoms with E-state index in [4.69, 9.17) is 10.00 Å². The first-order chi connectivity index (χ1) is 8.35. The van der Waals surface area contributed by atoms with Gasteiger partial charge in [0.15, 0.2) is 0 Å². The van der Waals surface area contributed by atoms with E-state index in [9.17, 15) is 0 Å². The molecule has 2 N–H and O–H groups in total. The van der Waals surface area contributed by atoms with Gasteiger partial charge in [-0.3, -0.25) is 0 Å². The number of hydrogen-bond acceptors (Lipinski definition) is 3. The highest BCUT2D eigenvalue weighted by Crippen LogP contribution is 2.23. The van der Waals surface area contributed by atoms with Gasteiger partial charge >= 0.3 is 0 Å². The van der Waals surface area contributed by atoms with Crippen molar-refractivity contribution in [3.05, 3.63) is 30.0 Å². The predicted molar refractivity (Wildman–Crippen MR) is 67.0 cm³/mol. The molecule has 2 aromatic rings. The van der Waals surface area contributed by atoms with Crippen LogP contribution in [0.5, 0.6) is 5.75 Å². The number of hydrogen-bond donors (Lipinski definition) is 2. The topological polar surface area (TPSA) is 60.8 Å². The number of ether oxygens (including phenoxy) is 1. The van der Waals surface area contributed by atoms with Crippen LogP contribution in [-0.4, -0.2) is 25.2 Å². The minimum absolute atomic E-state index is 0.399. The van der Waals surface area contributed by atoms with Gasteiger partial charge in [0, 0.05) is 29.7 Å². The van der Waals surface area contributed by atoms with Crippen molar-refractivity contribution >= 4 is 10.9 Å². The molecule has 0 aliphatic rings. The lowest BCUT2D eigenvalue weighted by atomic mass is 10.1. The lowest BCUT2D eigenvalue weighted by Gasteiger charge is -2.01. The molecule has 1 aromatic heterocycles. The summed E-state index contributed by atoms with van der Waals surface area (Å²) in [5, 5.41) is 12.7. The molecule has 0 radical (unpaired) electrons. The van der Waals surface area contributed by atoms with Crippen LogP contribution in [0.2, 0.25) is 0 Å². The van der Waals surface area contributed by atoms with Crippen LogP contribution in [0.1, 0.15) is 5.56 Å². The van der Waals surface area contributed by atoms with Crippen molar-refractivity contribution in [1.29, 1.82) is 5.26 Å². The monoisotopic (exact) mass is 229 g/mol. The normalized spacial score (nSPS) is 10.4. The van der Waals surface area contributed by atoms with Crippen LogP contribution < -0.4 is 10.1 Å². The van der Waals surface area contributed by atoms with Gasteiger partial charge in [-0.15, -0.1) is 0 Å². The van der Waals surface area contributed by atoms with Crippen LogP contribution in [0.4, 0.5) is 0 Å². The maximum absolute atomic E-state index is 8.42. The van der Waals surface area contributed by atoms with Gasteiger partial charge in [0.2, 0.25) is 0 Å². The number of rotatable bonds is 5. The highest BCUT2D eigenvalue weighted by atomic mass is 16.5. The molecule has 88 valence electrons. The first kappa shape index (κ1) is 11.5. The average molecular weight is 229 g/mol. The summed E-state index contributed by atoms with van der Waals surface area (Å²) in [6, 6.07) is 8.07. The van der Waals surface area contributed by atoms with E-state index in [0.717, 1.165) is 24.2 Å². The fourth-order valence-corrected chi connectivity index (χ4v) is 1.87. The Morgan fingerprint density at radius 2 is 2.35 bits per heavy atom. The molecule has 1 aromatic carbocycles. The molecule has 0 saturated carbocycles. The zero-order valence-electron chi connectivity index (χ0n) is 9.79. The highest BCUT2D eigenvalue weighted by Gasteiger charge is 2.04. The Hall–Kier alpha value is -1.99. The largest absolute Gasteiger partial charge is 0.497 e. The number of methoxy groups -OCH3 is 1. The highest BCUT2D eigenvalue weighted by molar-refractivity contribution is 5.84. The number of nitriles is 1. The molecule has 2 rings (SSSR count). The fraction of sp³-hybridized carbons (Fsp3) is 0.308. The van der Waals surface area contributed by atoms with E-state index >= 15 is 0 Å². The molecule has 0 aliphatic carbocycles. The molecular formula is C13H15N3O. The van der Waals surface area contributed by atoms with Crippen molar-refractivity contribution in [1.82, 2.24) is 10.3 Å². The van der Waals surface area contributed by atoms with Crippen molar-refractivity contribution in [2.75, 3.05) is 20.2 Å². The average Bonchev–Trinajstić information content (AvgIpc) is 2.77. The second-order valence-electron chi connectivity index (χ2n) is 3.81. The van der Waals surface area contributed by atoms with Gasteiger partial charge < -0.3 is 15.0 Å². The van der Waals surface area contributed by atoms with E-state index < -0.39 is 0 Å². The molecule has 0 aliphatic heterocycles. The Kier molecular flexibility index (Phi) is 3.63. The van der Waals surface area contributed by atoms with Crippen molar-refractivity contribution in [3.8, 4) is 11.8 Å². The molecule has 0 amide bonds. The molecule has 0 bridgehead atoms. The number of benzene rings is 1. The van der Waals surface area contributed by atoms with E-state index in [1.54, 1.807) is 7.11 Å². The van der Waals surface area contributed by atoms with Gasteiger partial charge in [0.05, 0.1) is 19.7 Å². The molecule has 0 unspecified atom stereocenters. The van der Waals surface area contributed by atoms with Crippen molar-refractivity contribution in [3.63, 3.8) is 0 Å². The molecular weight excluding hydrogens is 214 g/mol. The van der Waals surface area contributed by atoms with Gasteiger partial charge in [0.25, 0.3) is 0 Å². The van der Waals surface area contributed by atoms with Gasteiger partial charge in [0.1, 0.15) is 5.75 Å². The molecule has 4 heteroatoms. The number of fused-ring (bicyclic) bond motifs is 1. The van der Waals surface area contributed by atoms with E-state index in [-0.39, 0.29) is 0 Å². The van der Waals surface area contributed by atoms with Gasteiger partial charge in [-0.2, -0.15) is 5.26 Å². The Morgan fingerprint density at radius 1 is 1.47 bits per heavy atom. The minimum atomic E-state index is 0.399. The summed E-state index contributed by atoms with van der Waals surface area (Å²) in [7, 11) is 1.66. The summed E-state index contributed by atoms with van der Waals surface area (Å²) in [5.74, 6) is 0.855. The van der Waals surface area contributed by atoms with E-state index in [1.165, 1.54) is 10.9 Å². The molecule has 0 saturated heterocycles. The van der Waals surface area contributed by atoms with Crippen molar-refractivity contribution in [2.45, 2.75) is 6.42 Å². The Labute approximate surface area is 100 Å². The number of nitrogens with one attached hydrogen (secondary N) is 2. The van der Waals surface area contributed by atoms with Crippen LogP contribution in [0.15, 0.2) is 24.4 Å². The summed E-state index contributed by atoms with van der Waals surface area (Å²) in [5.41, 5.74) is 2.34. The van der Waals surface area contributed by atoms with Gasteiger partial charge in [-0.25, -0.2) is 0 Å². The summed E-state index contributed by atoms with van der Waals surface area (Å²) in [4.78, 5) is 3.23. The second-order valence-corrected chi connectivity index (χ2v) is 3.81. The summed E-state index contributed by atoms with van der Waals surface area (Å²) < 4.78 is 5.18. The van der Waals surface area contributed by atoms with Crippen LogP contribution >= 0.6 is 0 Å². The summed E-state index contributed by atoms with van der Waals surface area (Å²) in [6.45, 7) is 1.21. The lowest BCUT2D eigenvalue weighted by molar-refractivity contribution is 0.415. The van der Waals surface area contributed by atoms with Crippen molar-refractivity contribution in [2.24, 2.45) is 0 Å². The standard InChI is InChI=1S/C13H15N3O/c1-17-11-2-3-12-10(4-6-15-7-5-14)9-16-13(12)8-11/h2-3,8-9,15-16H,4,6-7H2,1H3. The molecule has 0 spiro atoms. The van der Waals surface area contributed by atoms with E-state index in [2.05, 4.69) is 22.4 Å². The molecule has 0 fully saturated rings. The smallest absolute Gasteiger partial charge is 0.120 e. The lowest BCUT2D eigenvalue weighted by Crippen LogP contribution is -2.16. The summed E-state index contributed by atoms with van der Waals surface area (Å²) >= 11 is 0. The van der Waals surface area contributed by atoms with Crippen molar-refractivity contribution < 1.29 is 4.74 Å². The zero-order valence-corrected chi connectivity index (χ0v) is 9.79. The first-order valence-electron chi connectivity index (χ1n) is 5.57. The van der Waals surface area contributed by atoms with Crippen LogP contribution in [-0.2, 0) is 6.42 Å². The molecule has 4 nitrogen and oxygen atoms in total. The minimum Gasteiger partial charge on any atom is -0.497 e. The number of nitrogens with zero attached hydrogens (tertiary/aromatic N) is 1. The van der Waals surface area contributed by atoms with Crippen LogP contribution in [0.3, 0.4) is 0 Å². The number of aromatic nitrogens is 1. The molecule has 17 heavy (non-hydrogen) atoms. The third-order valence-electron chi connectivity index (χ3n) is 2.75. The first-order valence-corrected chi connectivity index (χ1v) is 5.57. The molecule has 0 atom stereocenters. The van der Waals surface area contributed by atoms with Gasteiger partial charge in [-0.1, -0.05) is 0 Å². The van der Waals surface area contributed by atoms with E-state index in [1.807, 2.05) is 18.3 Å². The molecule has 1 heterocycles. The maximum atomic E-state index is 8.42. The number of H-pyrrole nitrogens is 1. The third kappa shape index (κ3) is 2.58. The summed E-state index contributed by atoms with van der Waals surface area (Å²) in [6.07, 6.45) is 2.92. The SMILES string of the molecule is COc1ccc2c(CCNCC#N)c[nH]c2c1. The van der Waals surface area contributed by atoms with Gasteiger partial charge in [-0.05, 0) is 24.1 Å². The quantitative estimate of drug-likeness (QED) is 0.607. The Bertz CT molecular complexity index is 539. The zero-order chi connectivity index (χ0) is 12.1. The van der Waals surface area contributed by atoms with E-state index in [0.29, 0.717) is 6.54 Å². The predicted octanol–water partition coefficient (Wildman–Crippen LogP) is 1.83. The number of aromatic amines is 1.